The molecule has 0 radical (unpaired) electrons. The molecule has 0 aliphatic carbocycles. The Hall–Kier alpha value is -3.16. The van der Waals surface area contributed by atoms with E-state index in [1.54, 1.807) is 32.0 Å². The number of carbonyl (C=O) groups excluding carboxylic acids is 1. The summed E-state index contributed by atoms with van der Waals surface area (Å²) in [6.07, 6.45) is -2.03. The molecular formula is C29H36F4N6O2S. The highest BCUT2D eigenvalue weighted by atomic mass is 32.1. The fourth-order valence-corrected chi connectivity index (χ4v) is 5.18. The third-order valence-electron chi connectivity index (χ3n) is 7.11. The normalized spacial score (nSPS) is 20.1. The average Bonchev–Trinajstić information content (AvgIpc) is 3.35. The van der Waals surface area contributed by atoms with Crippen LogP contribution in [0.3, 0.4) is 0 Å². The summed E-state index contributed by atoms with van der Waals surface area (Å²) in [5.74, 6) is -0.362. The Balaban J connectivity index is 1.54. The second-order valence-electron chi connectivity index (χ2n) is 11.5. The van der Waals surface area contributed by atoms with Crippen molar-refractivity contribution in [3.63, 3.8) is 0 Å². The summed E-state index contributed by atoms with van der Waals surface area (Å²) in [6, 6.07) is 6.51. The van der Waals surface area contributed by atoms with Gasteiger partial charge in [0, 0.05) is 48.0 Å². The number of piperidine rings is 1. The number of hydrogen-bond acceptors (Lipinski definition) is 7. The highest BCUT2D eigenvalue weighted by molar-refractivity contribution is 7.82. The highest BCUT2D eigenvalue weighted by Crippen LogP contribution is 2.39. The van der Waals surface area contributed by atoms with Crippen LogP contribution in [-0.4, -0.2) is 80.2 Å². The van der Waals surface area contributed by atoms with E-state index in [0.29, 0.717) is 41.7 Å². The Morgan fingerprint density at radius 2 is 2.02 bits per heavy atom. The molecule has 3 aromatic rings. The summed E-state index contributed by atoms with van der Waals surface area (Å²) >= 11 is 4.62. The first-order chi connectivity index (χ1) is 19.6. The molecule has 4 rings (SSSR count). The van der Waals surface area contributed by atoms with E-state index in [1.807, 2.05) is 11.9 Å². The second-order valence-corrected chi connectivity index (χ2v) is 12.3. The van der Waals surface area contributed by atoms with Crippen LogP contribution in [0, 0.1) is 0 Å². The standard InChI is InChI=1S/C29H36F4N6O2S/c1-18(29(31,32)33)25-21-8-5-9-23(37-28(42)10-12-38(4)16-24(28)30)22(21)13-20(36-25)7-6-11-34-26(40)19-14-35-39(15-19)17-27(2,3)41/h5,8-9,13-15,24,37,41-42H,1,6-7,10-12,16-17H2,2-4H3,(H,34,40)/t24-,28+/m0/s1. The zero-order chi connectivity index (χ0) is 30.9. The van der Waals surface area contributed by atoms with Gasteiger partial charge in [-0.3, -0.25) is 14.5 Å². The van der Waals surface area contributed by atoms with Gasteiger partial charge in [-0.25, -0.2) is 4.39 Å². The fraction of sp³-hybridized carbons (Fsp3) is 0.483. The molecule has 0 bridgehead atoms. The van der Waals surface area contributed by atoms with Crippen molar-refractivity contribution < 1.29 is 27.5 Å². The molecule has 8 nitrogen and oxygen atoms in total. The number of halogens is 4. The van der Waals surface area contributed by atoms with E-state index in [1.165, 1.54) is 23.1 Å². The number of carbonyl (C=O) groups is 1. The molecular weight excluding hydrogens is 572 g/mol. The summed E-state index contributed by atoms with van der Waals surface area (Å²) < 4.78 is 57.9. The van der Waals surface area contributed by atoms with E-state index in [0.717, 1.165) is 0 Å². The van der Waals surface area contributed by atoms with Crippen molar-refractivity contribution in [1.29, 1.82) is 0 Å². The maximum atomic E-state index is 15.1. The Morgan fingerprint density at radius 1 is 1.29 bits per heavy atom. The molecule has 0 spiro atoms. The van der Waals surface area contributed by atoms with Crippen molar-refractivity contribution in [1.82, 2.24) is 25.0 Å². The molecule has 2 atom stereocenters. The number of benzene rings is 1. The largest absolute Gasteiger partial charge is 0.417 e. The van der Waals surface area contributed by atoms with E-state index >= 15 is 4.39 Å². The molecule has 1 amide bonds. The summed E-state index contributed by atoms with van der Waals surface area (Å²) in [4.78, 5) is 17.5. The van der Waals surface area contributed by atoms with E-state index in [-0.39, 0.29) is 43.0 Å². The topological polar surface area (TPSA) is 95.3 Å². The van der Waals surface area contributed by atoms with E-state index in [4.69, 9.17) is 0 Å². The number of anilines is 1. The molecule has 13 heteroatoms. The number of aryl methyl sites for hydroxylation is 1. The molecule has 1 aliphatic heterocycles. The number of rotatable bonds is 10. The third-order valence-corrected chi connectivity index (χ3v) is 7.73. The Bertz CT molecular complexity index is 1450. The molecule has 1 aliphatic rings. The Labute approximate surface area is 247 Å². The minimum absolute atomic E-state index is 0.177. The number of allylic oxidation sites excluding steroid dienone is 1. The predicted octanol–water partition coefficient (Wildman–Crippen LogP) is 4.85. The minimum Gasteiger partial charge on any atom is -0.389 e. The molecule has 42 heavy (non-hydrogen) atoms. The zero-order valence-corrected chi connectivity index (χ0v) is 24.7. The van der Waals surface area contributed by atoms with Gasteiger partial charge in [-0.2, -0.15) is 18.3 Å². The number of thiol groups is 1. The quantitative estimate of drug-likeness (QED) is 0.114. The van der Waals surface area contributed by atoms with Crippen molar-refractivity contribution >= 4 is 40.6 Å². The highest BCUT2D eigenvalue weighted by Gasteiger charge is 2.40. The molecule has 2 aromatic heterocycles. The van der Waals surface area contributed by atoms with Crippen molar-refractivity contribution in [2.75, 3.05) is 32.0 Å². The lowest BCUT2D eigenvalue weighted by Crippen LogP contribution is -2.53. The van der Waals surface area contributed by atoms with Crippen LogP contribution in [0.25, 0.3) is 16.3 Å². The summed E-state index contributed by atoms with van der Waals surface area (Å²) in [7, 11) is 1.82. The van der Waals surface area contributed by atoms with Crippen LogP contribution in [0.15, 0.2) is 43.2 Å². The van der Waals surface area contributed by atoms with Gasteiger partial charge in [-0.05, 0) is 52.3 Å². The molecule has 1 fully saturated rings. The molecule has 228 valence electrons. The number of pyridine rings is 1. The number of alkyl halides is 4. The molecule has 3 N–H and O–H groups in total. The van der Waals surface area contributed by atoms with E-state index < -0.39 is 28.4 Å². The number of amides is 1. The maximum absolute atomic E-state index is 15.1. The Kier molecular flexibility index (Phi) is 9.24. The summed E-state index contributed by atoms with van der Waals surface area (Å²) in [5, 5.41) is 20.6. The van der Waals surface area contributed by atoms with Crippen molar-refractivity contribution in [3.8, 4) is 0 Å². The number of fused-ring (bicyclic) bond motifs is 1. The smallest absolute Gasteiger partial charge is 0.389 e. The molecule has 1 saturated heterocycles. The number of nitrogens with one attached hydrogen (secondary N) is 2. The lowest BCUT2D eigenvalue weighted by atomic mass is 9.98. The van der Waals surface area contributed by atoms with Gasteiger partial charge in [0.25, 0.3) is 5.91 Å². The SMILES string of the molecule is C=C(c1nc(CCCNC(=O)c2cnn(CC(C)(C)O)c2)cc2c(N[C@@]3(S)CCN(C)C[C@@H]3F)cccc12)C(F)(F)F. The van der Waals surface area contributed by atoms with Gasteiger partial charge in [-0.1, -0.05) is 18.7 Å². The Morgan fingerprint density at radius 3 is 2.69 bits per heavy atom. The van der Waals surface area contributed by atoms with Crippen LogP contribution in [0.4, 0.5) is 23.2 Å². The van der Waals surface area contributed by atoms with Gasteiger partial charge in [0.15, 0.2) is 0 Å². The predicted molar refractivity (Wildman–Crippen MR) is 158 cm³/mol. The molecule has 0 unspecified atom stereocenters. The number of aliphatic hydroxyl groups is 1. The van der Waals surface area contributed by atoms with E-state index in [2.05, 4.69) is 39.9 Å². The van der Waals surface area contributed by atoms with Crippen molar-refractivity contribution in [3.05, 3.63) is 60.2 Å². The zero-order valence-electron chi connectivity index (χ0n) is 23.8. The van der Waals surface area contributed by atoms with Crippen molar-refractivity contribution in [2.45, 2.75) is 62.5 Å². The third kappa shape index (κ3) is 7.61. The van der Waals surface area contributed by atoms with Crippen molar-refractivity contribution in [2.24, 2.45) is 0 Å². The van der Waals surface area contributed by atoms with E-state index in [9.17, 15) is 23.1 Å². The number of likely N-dealkylation sites (tertiary alicyclic amines) is 1. The van der Waals surface area contributed by atoms with Gasteiger partial charge < -0.3 is 20.6 Å². The average molecular weight is 609 g/mol. The van der Waals surface area contributed by atoms with Gasteiger partial charge in [0.1, 0.15) is 11.0 Å². The lowest BCUT2D eigenvalue weighted by Gasteiger charge is -2.41. The van der Waals surface area contributed by atoms with Gasteiger partial charge in [0.2, 0.25) is 0 Å². The summed E-state index contributed by atoms with van der Waals surface area (Å²) in [6.45, 7) is 7.78. The monoisotopic (exact) mass is 608 g/mol. The first-order valence-corrected chi connectivity index (χ1v) is 14.1. The molecule has 0 saturated carbocycles. The number of hydrogen-bond donors (Lipinski definition) is 4. The number of aromatic nitrogens is 3. The van der Waals surface area contributed by atoms with Gasteiger partial charge >= 0.3 is 6.18 Å². The molecule has 1 aromatic carbocycles. The maximum Gasteiger partial charge on any atom is 0.417 e. The van der Waals surface area contributed by atoms with Crippen LogP contribution >= 0.6 is 12.6 Å². The van der Waals surface area contributed by atoms with Gasteiger partial charge in [-0.15, -0.1) is 12.6 Å². The van der Waals surface area contributed by atoms with Gasteiger partial charge in [0.05, 0.1) is 35.2 Å². The first-order valence-electron chi connectivity index (χ1n) is 13.6. The molecule has 3 heterocycles. The van der Waals surface area contributed by atoms with Crippen LogP contribution < -0.4 is 10.6 Å². The first kappa shape index (κ1) is 31.8. The van der Waals surface area contributed by atoms with Crippen LogP contribution in [-0.2, 0) is 13.0 Å². The number of nitrogens with zero attached hydrogens (tertiary/aromatic N) is 4. The fourth-order valence-electron chi connectivity index (χ4n) is 4.88. The second kappa shape index (κ2) is 12.2. The lowest BCUT2D eigenvalue weighted by molar-refractivity contribution is -0.0688. The van der Waals surface area contributed by atoms with Crippen LogP contribution in [0.1, 0.15) is 48.4 Å². The van der Waals surface area contributed by atoms with Crippen LogP contribution in [0.5, 0.6) is 0 Å². The van der Waals surface area contributed by atoms with Crippen LogP contribution in [0.2, 0.25) is 0 Å². The summed E-state index contributed by atoms with van der Waals surface area (Å²) in [5.41, 5.74) is -1.22. The minimum atomic E-state index is -4.70.